The van der Waals surface area contributed by atoms with Gasteiger partial charge < -0.3 is 9.32 Å². The van der Waals surface area contributed by atoms with Crippen LogP contribution in [0.2, 0.25) is 0 Å². The Labute approximate surface area is 101 Å². The number of anilines is 1. The Kier molecular flexibility index (Phi) is 3.69. The topological polar surface area (TPSA) is 42.2 Å². The van der Waals surface area contributed by atoms with Crippen LogP contribution in [0, 0.1) is 0 Å². The van der Waals surface area contributed by atoms with Gasteiger partial charge in [0, 0.05) is 24.4 Å². The van der Waals surface area contributed by atoms with E-state index in [1.54, 1.807) is 0 Å². The SMILES string of the molecule is CCC1CCC(C)N1c1nnc(CCCl)o1. The van der Waals surface area contributed by atoms with Gasteiger partial charge in [0.1, 0.15) is 0 Å². The maximum absolute atomic E-state index is 5.65. The first-order valence-electron chi connectivity index (χ1n) is 5.93. The molecule has 1 aromatic rings. The molecule has 0 amide bonds. The summed E-state index contributed by atoms with van der Waals surface area (Å²) in [7, 11) is 0. The van der Waals surface area contributed by atoms with Gasteiger partial charge in [-0.25, -0.2) is 0 Å². The Hall–Kier alpha value is -0.770. The molecule has 2 heterocycles. The maximum Gasteiger partial charge on any atom is 0.318 e. The molecule has 0 bridgehead atoms. The zero-order valence-corrected chi connectivity index (χ0v) is 10.6. The number of rotatable bonds is 4. The average Bonchev–Trinajstić information content (AvgIpc) is 2.85. The second-order valence-electron chi connectivity index (χ2n) is 4.31. The van der Waals surface area contributed by atoms with E-state index < -0.39 is 0 Å². The van der Waals surface area contributed by atoms with Gasteiger partial charge in [-0.05, 0) is 26.2 Å². The number of hydrogen-bond acceptors (Lipinski definition) is 4. The van der Waals surface area contributed by atoms with Crippen LogP contribution in [0.25, 0.3) is 0 Å². The molecule has 1 fully saturated rings. The minimum atomic E-state index is 0.495. The third-order valence-electron chi connectivity index (χ3n) is 3.24. The molecule has 0 saturated carbocycles. The molecular formula is C11H18ClN3O. The Morgan fingerprint density at radius 3 is 2.94 bits per heavy atom. The molecule has 16 heavy (non-hydrogen) atoms. The van der Waals surface area contributed by atoms with Crippen LogP contribution in [0.15, 0.2) is 4.42 Å². The summed E-state index contributed by atoms with van der Waals surface area (Å²) in [6, 6.07) is 1.70. The van der Waals surface area contributed by atoms with Crippen LogP contribution in [-0.2, 0) is 6.42 Å². The van der Waals surface area contributed by atoms with Crippen LogP contribution < -0.4 is 4.90 Å². The van der Waals surface area contributed by atoms with Crippen molar-refractivity contribution in [1.29, 1.82) is 0 Å². The van der Waals surface area contributed by atoms with Crippen molar-refractivity contribution < 1.29 is 4.42 Å². The molecule has 0 radical (unpaired) electrons. The number of hydrogen-bond donors (Lipinski definition) is 0. The van der Waals surface area contributed by atoms with Gasteiger partial charge in [0.05, 0.1) is 0 Å². The van der Waals surface area contributed by atoms with E-state index in [4.69, 9.17) is 16.0 Å². The second kappa shape index (κ2) is 5.04. The highest BCUT2D eigenvalue weighted by Gasteiger charge is 2.32. The summed E-state index contributed by atoms with van der Waals surface area (Å²) in [5, 5.41) is 8.13. The van der Waals surface area contributed by atoms with Crippen molar-refractivity contribution >= 4 is 17.6 Å². The van der Waals surface area contributed by atoms with E-state index in [2.05, 4.69) is 28.9 Å². The van der Waals surface area contributed by atoms with Gasteiger partial charge in [0.2, 0.25) is 5.89 Å². The molecule has 0 aromatic carbocycles. The zero-order chi connectivity index (χ0) is 11.5. The normalized spacial score (nSPS) is 25.3. The summed E-state index contributed by atoms with van der Waals surface area (Å²) in [5.74, 6) is 1.16. The number of nitrogens with zero attached hydrogens (tertiary/aromatic N) is 3. The van der Waals surface area contributed by atoms with Crippen molar-refractivity contribution in [2.75, 3.05) is 10.8 Å². The highest BCUT2D eigenvalue weighted by Crippen LogP contribution is 2.30. The Morgan fingerprint density at radius 1 is 1.44 bits per heavy atom. The predicted molar refractivity (Wildman–Crippen MR) is 64.0 cm³/mol. The largest absolute Gasteiger partial charge is 0.408 e. The second-order valence-corrected chi connectivity index (χ2v) is 4.69. The summed E-state index contributed by atoms with van der Waals surface area (Å²) in [5.41, 5.74) is 0. The molecule has 1 aliphatic rings. The summed E-state index contributed by atoms with van der Waals surface area (Å²) >= 11 is 5.65. The standard InChI is InChI=1S/C11H18ClN3O/c1-3-9-5-4-8(2)15(9)11-14-13-10(16-11)6-7-12/h8-9H,3-7H2,1-2H3. The minimum absolute atomic E-state index is 0.495. The van der Waals surface area contributed by atoms with Crippen LogP contribution in [0.5, 0.6) is 0 Å². The monoisotopic (exact) mass is 243 g/mol. The van der Waals surface area contributed by atoms with Crippen LogP contribution >= 0.6 is 11.6 Å². The first-order chi connectivity index (χ1) is 7.76. The minimum Gasteiger partial charge on any atom is -0.408 e. The van der Waals surface area contributed by atoms with Gasteiger partial charge in [-0.15, -0.1) is 16.7 Å². The van der Waals surface area contributed by atoms with E-state index >= 15 is 0 Å². The Bertz CT molecular complexity index is 342. The lowest BCUT2D eigenvalue weighted by Gasteiger charge is -2.25. The smallest absolute Gasteiger partial charge is 0.318 e. The van der Waals surface area contributed by atoms with Gasteiger partial charge in [0.25, 0.3) is 0 Å². The maximum atomic E-state index is 5.65. The van der Waals surface area contributed by atoms with Gasteiger partial charge in [-0.3, -0.25) is 0 Å². The highest BCUT2D eigenvalue weighted by molar-refractivity contribution is 6.17. The number of aromatic nitrogens is 2. The summed E-state index contributed by atoms with van der Waals surface area (Å²) in [6.45, 7) is 4.41. The molecule has 1 aliphatic heterocycles. The van der Waals surface area contributed by atoms with Crippen LogP contribution in [0.3, 0.4) is 0 Å². The third-order valence-corrected chi connectivity index (χ3v) is 3.43. The molecular weight excluding hydrogens is 226 g/mol. The lowest BCUT2D eigenvalue weighted by atomic mass is 10.2. The molecule has 1 aromatic heterocycles. The van der Waals surface area contributed by atoms with Crippen molar-refractivity contribution in [3.8, 4) is 0 Å². The van der Waals surface area contributed by atoms with E-state index in [1.165, 1.54) is 12.8 Å². The van der Waals surface area contributed by atoms with Crippen LogP contribution in [0.1, 0.15) is 39.0 Å². The first kappa shape index (κ1) is 11.7. The van der Waals surface area contributed by atoms with Crippen molar-refractivity contribution in [1.82, 2.24) is 10.2 Å². The van der Waals surface area contributed by atoms with Crippen molar-refractivity contribution in [2.45, 2.75) is 51.6 Å². The average molecular weight is 244 g/mol. The summed E-state index contributed by atoms with van der Waals surface area (Å²) in [6.07, 6.45) is 4.18. The third kappa shape index (κ3) is 2.17. The van der Waals surface area contributed by atoms with Crippen LogP contribution in [-0.4, -0.2) is 28.2 Å². The number of alkyl halides is 1. The van der Waals surface area contributed by atoms with Gasteiger partial charge in [-0.1, -0.05) is 12.0 Å². The molecule has 0 aliphatic carbocycles. The molecule has 2 rings (SSSR count). The zero-order valence-electron chi connectivity index (χ0n) is 9.82. The molecule has 5 heteroatoms. The molecule has 0 spiro atoms. The molecule has 4 nitrogen and oxygen atoms in total. The van der Waals surface area contributed by atoms with Gasteiger partial charge >= 0.3 is 6.01 Å². The number of aryl methyl sites for hydroxylation is 1. The van der Waals surface area contributed by atoms with E-state index in [-0.39, 0.29) is 0 Å². The molecule has 0 N–H and O–H groups in total. The highest BCUT2D eigenvalue weighted by atomic mass is 35.5. The predicted octanol–water partition coefficient (Wildman–Crippen LogP) is 2.62. The Balaban J connectivity index is 2.14. The van der Waals surface area contributed by atoms with Gasteiger partial charge in [0.15, 0.2) is 0 Å². The lowest BCUT2D eigenvalue weighted by molar-refractivity contribution is 0.467. The van der Waals surface area contributed by atoms with E-state index in [9.17, 15) is 0 Å². The van der Waals surface area contributed by atoms with E-state index in [1.807, 2.05) is 0 Å². The lowest BCUT2D eigenvalue weighted by Crippen LogP contribution is -2.34. The van der Waals surface area contributed by atoms with Crippen molar-refractivity contribution in [3.05, 3.63) is 5.89 Å². The van der Waals surface area contributed by atoms with E-state index in [0.717, 1.165) is 6.42 Å². The van der Waals surface area contributed by atoms with Crippen molar-refractivity contribution in [3.63, 3.8) is 0 Å². The van der Waals surface area contributed by atoms with E-state index in [0.29, 0.717) is 36.3 Å². The fourth-order valence-corrected chi connectivity index (χ4v) is 2.51. The molecule has 2 atom stereocenters. The van der Waals surface area contributed by atoms with Gasteiger partial charge in [-0.2, -0.15) is 0 Å². The fraction of sp³-hybridized carbons (Fsp3) is 0.818. The molecule has 2 unspecified atom stereocenters. The van der Waals surface area contributed by atoms with Crippen LogP contribution in [0.4, 0.5) is 6.01 Å². The number of halogens is 1. The molecule has 1 saturated heterocycles. The van der Waals surface area contributed by atoms with Crippen molar-refractivity contribution in [2.24, 2.45) is 0 Å². The quantitative estimate of drug-likeness (QED) is 0.763. The first-order valence-corrected chi connectivity index (χ1v) is 6.46. The summed E-state index contributed by atoms with van der Waals surface area (Å²) < 4.78 is 5.63. The summed E-state index contributed by atoms with van der Waals surface area (Å²) in [4.78, 5) is 2.25. The fourth-order valence-electron chi connectivity index (χ4n) is 2.35. The Morgan fingerprint density at radius 2 is 2.25 bits per heavy atom. The molecule has 90 valence electrons.